The predicted molar refractivity (Wildman–Crippen MR) is 90.4 cm³/mol. The van der Waals surface area contributed by atoms with Gasteiger partial charge in [0.2, 0.25) is 12.7 Å². The molecule has 0 fully saturated rings. The summed E-state index contributed by atoms with van der Waals surface area (Å²) in [5.41, 5.74) is 2.02. The van der Waals surface area contributed by atoms with Crippen LogP contribution in [-0.2, 0) is 11.2 Å². The number of carbonyl (C=O) groups is 1. The summed E-state index contributed by atoms with van der Waals surface area (Å²) >= 11 is 0. The summed E-state index contributed by atoms with van der Waals surface area (Å²) in [6, 6.07) is 13.4. The third-order valence-electron chi connectivity index (χ3n) is 4.09. The number of amides is 1. The lowest BCUT2D eigenvalue weighted by molar-refractivity contribution is -0.121. The summed E-state index contributed by atoms with van der Waals surface area (Å²) in [4.78, 5) is 12.2. The molecule has 0 saturated heterocycles. The number of rotatable bonds is 6. The van der Waals surface area contributed by atoms with E-state index in [2.05, 4.69) is 5.32 Å². The van der Waals surface area contributed by atoms with Crippen LogP contribution in [0, 0.1) is 0 Å². The number of hydrogen-bond acceptors (Lipinski definition) is 4. The van der Waals surface area contributed by atoms with Gasteiger partial charge in [-0.3, -0.25) is 4.79 Å². The van der Waals surface area contributed by atoms with Gasteiger partial charge in [-0.05, 0) is 42.7 Å². The Balaban J connectivity index is 1.56. The van der Waals surface area contributed by atoms with E-state index in [0.717, 1.165) is 28.4 Å². The highest BCUT2D eigenvalue weighted by molar-refractivity contribution is 5.76. The Hall–Kier alpha value is -2.69. The molecule has 1 atom stereocenters. The summed E-state index contributed by atoms with van der Waals surface area (Å²) in [5.74, 6) is 2.29. The van der Waals surface area contributed by atoms with E-state index in [4.69, 9.17) is 14.2 Å². The van der Waals surface area contributed by atoms with Crippen molar-refractivity contribution in [3.63, 3.8) is 0 Å². The molecular weight excluding hydrogens is 306 g/mol. The number of ether oxygens (including phenoxy) is 3. The monoisotopic (exact) mass is 327 g/mol. The van der Waals surface area contributed by atoms with Crippen molar-refractivity contribution in [2.45, 2.75) is 25.8 Å². The van der Waals surface area contributed by atoms with Crippen LogP contribution in [0.15, 0.2) is 42.5 Å². The molecule has 1 aliphatic heterocycles. The molecule has 1 aliphatic rings. The number of hydrogen-bond donors (Lipinski definition) is 1. The third-order valence-corrected chi connectivity index (χ3v) is 4.09. The van der Waals surface area contributed by atoms with Crippen LogP contribution in [0.25, 0.3) is 0 Å². The van der Waals surface area contributed by atoms with Crippen molar-refractivity contribution in [1.82, 2.24) is 5.32 Å². The maximum Gasteiger partial charge on any atom is 0.231 e. The van der Waals surface area contributed by atoms with Crippen LogP contribution < -0.4 is 19.5 Å². The van der Waals surface area contributed by atoms with Crippen LogP contribution >= 0.6 is 0 Å². The second-order valence-corrected chi connectivity index (χ2v) is 5.71. The molecule has 0 aliphatic carbocycles. The maximum atomic E-state index is 12.2. The van der Waals surface area contributed by atoms with Crippen molar-refractivity contribution in [2.24, 2.45) is 0 Å². The second kappa shape index (κ2) is 7.25. The quantitative estimate of drug-likeness (QED) is 0.885. The zero-order chi connectivity index (χ0) is 16.9. The lowest BCUT2D eigenvalue weighted by atomic mass is 10.1. The predicted octanol–water partition coefficient (Wildman–Crippen LogP) is 3.23. The number of para-hydroxylation sites is 1. The van der Waals surface area contributed by atoms with Crippen LogP contribution in [-0.4, -0.2) is 19.8 Å². The Morgan fingerprint density at radius 3 is 2.83 bits per heavy atom. The standard InChI is InChI=1S/C19H21NO4/c1-13(15-7-9-17-18(11-15)24-12-23-17)20-19(21)10-8-14-5-3-4-6-16(14)22-2/h3-7,9,11,13H,8,10,12H2,1-2H3,(H,20,21). The van der Waals surface area contributed by atoms with Crippen LogP contribution in [0.5, 0.6) is 17.2 Å². The number of nitrogens with one attached hydrogen (secondary N) is 1. The van der Waals surface area contributed by atoms with Crippen molar-refractivity contribution in [1.29, 1.82) is 0 Å². The van der Waals surface area contributed by atoms with Gasteiger partial charge in [-0.2, -0.15) is 0 Å². The summed E-state index contributed by atoms with van der Waals surface area (Å²) in [6.07, 6.45) is 1.05. The van der Waals surface area contributed by atoms with Gasteiger partial charge in [0.25, 0.3) is 0 Å². The zero-order valence-corrected chi connectivity index (χ0v) is 13.9. The fraction of sp³-hybridized carbons (Fsp3) is 0.316. The van der Waals surface area contributed by atoms with Crippen molar-refractivity contribution < 1.29 is 19.0 Å². The van der Waals surface area contributed by atoms with E-state index < -0.39 is 0 Å². The molecule has 0 radical (unpaired) electrons. The number of carbonyl (C=O) groups excluding carboxylic acids is 1. The average molecular weight is 327 g/mol. The Bertz CT molecular complexity index is 729. The maximum absolute atomic E-state index is 12.2. The van der Waals surface area contributed by atoms with Gasteiger partial charge in [-0.1, -0.05) is 24.3 Å². The van der Waals surface area contributed by atoms with Crippen molar-refractivity contribution in [3.8, 4) is 17.2 Å². The molecule has 1 heterocycles. The molecule has 0 spiro atoms. The average Bonchev–Trinajstić information content (AvgIpc) is 3.07. The van der Waals surface area contributed by atoms with Gasteiger partial charge in [0.05, 0.1) is 13.2 Å². The molecule has 1 N–H and O–H groups in total. The minimum Gasteiger partial charge on any atom is -0.496 e. The number of methoxy groups -OCH3 is 1. The highest BCUT2D eigenvalue weighted by Crippen LogP contribution is 2.34. The number of aryl methyl sites for hydroxylation is 1. The van der Waals surface area contributed by atoms with Gasteiger partial charge in [0, 0.05) is 6.42 Å². The summed E-state index contributed by atoms with van der Waals surface area (Å²) < 4.78 is 16.0. The van der Waals surface area contributed by atoms with Crippen molar-refractivity contribution in [3.05, 3.63) is 53.6 Å². The minimum absolute atomic E-state index is 0.00562. The number of benzene rings is 2. The largest absolute Gasteiger partial charge is 0.496 e. The van der Waals surface area contributed by atoms with E-state index >= 15 is 0 Å². The second-order valence-electron chi connectivity index (χ2n) is 5.71. The first-order valence-corrected chi connectivity index (χ1v) is 7.98. The molecule has 1 unspecified atom stereocenters. The Morgan fingerprint density at radius 2 is 2.00 bits per heavy atom. The minimum atomic E-state index is -0.0929. The van der Waals surface area contributed by atoms with Crippen LogP contribution in [0.3, 0.4) is 0 Å². The fourth-order valence-electron chi connectivity index (χ4n) is 2.74. The summed E-state index contributed by atoms with van der Waals surface area (Å²) in [5, 5.41) is 3.02. The Kier molecular flexibility index (Phi) is 4.89. The number of fused-ring (bicyclic) bond motifs is 1. The van der Waals surface area contributed by atoms with Crippen LogP contribution in [0.4, 0.5) is 0 Å². The van der Waals surface area contributed by atoms with Gasteiger partial charge in [0.15, 0.2) is 11.5 Å². The van der Waals surface area contributed by atoms with Gasteiger partial charge in [-0.25, -0.2) is 0 Å². The SMILES string of the molecule is COc1ccccc1CCC(=O)NC(C)c1ccc2c(c1)OCO2. The van der Waals surface area contributed by atoms with Gasteiger partial charge in [-0.15, -0.1) is 0 Å². The van der Waals surface area contributed by atoms with Gasteiger partial charge >= 0.3 is 0 Å². The Labute approximate surface area is 141 Å². The molecular formula is C19H21NO4. The van der Waals surface area contributed by atoms with Gasteiger partial charge < -0.3 is 19.5 Å². The van der Waals surface area contributed by atoms with Crippen molar-refractivity contribution >= 4 is 5.91 Å². The lowest BCUT2D eigenvalue weighted by Crippen LogP contribution is -2.26. The van der Waals surface area contributed by atoms with E-state index in [0.29, 0.717) is 12.8 Å². The molecule has 0 saturated carbocycles. The molecule has 5 heteroatoms. The van der Waals surface area contributed by atoms with E-state index in [1.165, 1.54) is 0 Å². The van der Waals surface area contributed by atoms with Crippen LogP contribution in [0.1, 0.15) is 30.5 Å². The van der Waals surface area contributed by atoms with E-state index in [1.54, 1.807) is 7.11 Å². The van der Waals surface area contributed by atoms with E-state index in [9.17, 15) is 4.79 Å². The molecule has 0 bridgehead atoms. The summed E-state index contributed by atoms with van der Waals surface area (Å²) in [7, 11) is 1.64. The smallest absolute Gasteiger partial charge is 0.231 e. The molecule has 3 rings (SSSR count). The van der Waals surface area contributed by atoms with E-state index in [1.807, 2.05) is 49.4 Å². The van der Waals surface area contributed by atoms with E-state index in [-0.39, 0.29) is 18.7 Å². The summed E-state index contributed by atoms with van der Waals surface area (Å²) in [6.45, 7) is 2.21. The fourth-order valence-corrected chi connectivity index (χ4v) is 2.74. The molecule has 2 aromatic carbocycles. The Morgan fingerprint density at radius 1 is 1.21 bits per heavy atom. The highest BCUT2D eigenvalue weighted by Gasteiger charge is 2.17. The molecule has 24 heavy (non-hydrogen) atoms. The first-order valence-electron chi connectivity index (χ1n) is 7.98. The highest BCUT2D eigenvalue weighted by atomic mass is 16.7. The first-order chi connectivity index (χ1) is 11.7. The molecule has 0 aromatic heterocycles. The molecule has 5 nitrogen and oxygen atoms in total. The normalized spacial score (nSPS) is 13.4. The van der Waals surface area contributed by atoms with Gasteiger partial charge in [0.1, 0.15) is 5.75 Å². The topological polar surface area (TPSA) is 56.8 Å². The molecule has 126 valence electrons. The third kappa shape index (κ3) is 3.62. The first kappa shape index (κ1) is 16.2. The van der Waals surface area contributed by atoms with Crippen molar-refractivity contribution in [2.75, 3.05) is 13.9 Å². The molecule has 1 amide bonds. The molecule has 2 aromatic rings. The zero-order valence-electron chi connectivity index (χ0n) is 13.9. The van der Waals surface area contributed by atoms with Crippen LogP contribution in [0.2, 0.25) is 0 Å². The lowest BCUT2D eigenvalue weighted by Gasteiger charge is -2.15.